The first kappa shape index (κ1) is 25.2. The van der Waals surface area contributed by atoms with Gasteiger partial charge in [-0.15, -0.1) is 12.1 Å². The molecule has 1 aromatic heterocycles. The van der Waals surface area contributed by atoms with Gasteiger partial charge >= 0.3 is 11.3 Å². The van der Waals surface area contributed by atoms with E-state index in [0.29, 0.717) is 11.3 Å². The Morgan fingerprint density at radius 2 is 1.56 bits per heavy atom. The smallest absolute Gasteiger partial charge is 0.281 e. The van der Waals surface area contributed by atoms with Crippen LogP contribution in [-0.2, 0) is 5.41 Å². The van der Waals surface area contributed by atoms with E-state index in [0.717, 1.165) is 44.8 Å². The molecule has 0 atom stereocenters. The molecule has 1 aliphatic rings. The lowest BCUT2D eigenvalue weighted by molar-refractivity contribution is -0.420. The predicted molar refractivity (Wildman–Crippen MR) is 161 cm³/mol. The van der Waals surface area contributed by atoms with Crippen LogP contribution >= 0.6 is 0 Å². The van der Waals surface area contributed by atoms with Crippen LogP contribution in [0.3, 0.4) is 0 Å². The van der Waals surface area contributed by atoms with Gasteiger partial charge in [0.15, 0.2) is 5.82 Å². The molecule has 4 aromatic carbocycles. The van der Waals surface area contributed by atoms with Gasteiger partial charge in [0.25, 0.3) is 0 Å². The Hall–Kier alpha value is -4.11. The standard InChI is InChI=1S/C36H34FNO/c1-20-17-21(2)31(22(3)18-20)28-14-13-26-27-15-16-38(8)33(35(27)39-34(26)32(28)37)29-19-30(36(5,6)7)25-12-10-9-11-24(25)23(29)4/h9-19H,8H2,1-7H3. The van der Waals surface area contributed by atoms with Crippen LogP contribution in [0.25, 0.3) is 38.9 Å². The topological polar surface area (TPSA) is 14.3 Å². The van der Waals surface area contributed by atoms with E-state index in [1.54, 1.807) is 0 Å². The molecule has 0 aliphatic carbocycles. The molecule has 0 bridgehead atoms. The second-order valence-electron chi connectivity index (χ2n) is 11.9. The monoisotopic (exact) mass is 515 g/mol. The first-order valence-corrected chi connectivity index (χ1v) is 13.5. The van der Waals surface area contributed by atoms with E-state index in [1.807, 2.05) is 42.8 Å². The van der Waals surface area contributed by atoms with Crippen LogP contribution in [0.1, 0.15) is 65.5 Å². The molecule has 5 aromatic rings. The maximum atomic E-state index is 16.3. The Morgan fingerprint density at radius 1 is 0.897 bits per heavy atom. The van der Waals surface area contributed by atoms with Gasteiger partial charge in [-0.25, -0.2) is 4.39 Å². The summed E-state index contributed by atoms with van der Waals surface area (Å²) in [5.74, 6) is 0.320. The van der Waals surface area contributed by atoms with Crippen LogP contribution < -0.4 is 0 Å². The highest BCUT2D eigenvalue weighted by molar-refractivity contribution is 5.95. The van der Waals surface area contributed by atoms with Crippen LogP contribution in [0.2, 0.25) is 0 Å². The third kappa shape index (κ3) is 3.83. The fourth-order valence-electron chi connectivity index (χ4n) is 6.32. The van der Waals surface area contributed by atoms with Gasteiger partial charge in [0.05, 0.1) is 6.72 Å². The molecule has 0 radical (unpaired) electrons. The zero-order valence-corrected chi connectivity index (χ0v) is 23.8. The number of halogens is 1. The van der Waals surface area contributed by atoms with E-state index in [9.17, 15) is 0 Å². The number of benzene rings is 4. The fourth-order valence-corrected chi connectivity index (χ4v) is 6.32. The van der Waals surface area contributed by atoms with Crippen molar-refractivity contribution in [2.45, 2.75) is 53.9 Å². The van der Waals surface area contributed by atoms with Crippen molar-refractivity contribution in [3.63, 3.8) is 0 Å². The van der Waals surface area contributed by atoms with Crippen molar-refractivity contribution in [2.75, 3.05) is 0 Å². The molecule has 6 rings (SSSR count). The van der Waals surface area contributed by atoms with Gasteiger partial charge in [-0.2, -0.15) is 0 Å². The molecule has 0 amide bonds. The second-order valence-corrected chi connectivity index (χ2v) is 11.9. The molecule has 0 N–H and O–H groups in total. The van der Waals surface area contributed by atoms with E-state index in [1.165, 1.54) is 21.9 Å². The van der Waals surface area contributed by atoms with E-state index in [2.05, 4.69) is 83.8 Å². The summed E-state index contributed by atoms with van der Waals surface area (Å²) in [7, 11) is 0. The molecule has 0 fully saturated rings. The molecular formula is C36H34FNO. The molecule has 39 heavy (non-hydrogen) atoms. The Labute approximate surface area is 230 Å². The molecule has 2 heterocycles. The van der Waals surface area contributed by atoms with Crippen LogP contribution in [0.5, 0.6) is 0 Å². The highest BCUT2D eigenvalue weighted by Crippen LogP contribution is 2.44. The minimum absolute atomic E-state index is 0.0689. The van der Waals surface area contributed by atoms with E-state index in [4.69, 9.17) is 4.42 Å². The van der Waals surface area contributed by atoms with Gasteiger partial charge in [-0.1, -0.05) is 98.0 Å². The van der Waals surface area contributed by atoms with Gasteiger partial charge in [0, 0.05) is 5.56 Å². The van der Waals surface area contributed by atoms with Gasteiger partial charge in [-0.3, -0.25) is 8.99 Å². The van der Waals surface area contributed by atoms with Crippen molar-refractivity contribution < 1.29 is 13.4 Å². The van der Waals surface area contributed by atoms with Crippen molar-refractivity contribution in [1.82, 2.24) is 0 Å². The third-order valence-electron chi connectivity index (χ3n) is 8.08. The minimum atomic E-state index is -0.328. The lowest BCUT2D eigenvalue weighted by Gasteiger charge is -2.28. The SMILES string of the molecule is C=[N+]1C=Cc2c([o+][c-]3c(F)c(-c4c(C)cc(C)cc4C)ccc23)[C-]1c1cc(C(C)(C)C)c2ccccc2c1C. The lowest BCUT2D eigenvalue weighted by atomic mass is 9.79. The number of hydrogen-bond acceptors (Lipinski definition) is 0. The molecule has 0 saturated heterocycles. The molecule has 3 heteroatoms. The zero-order valence-electron chi connectivity index (χ0n) is 23.8. The number of aryl methyl sites for hydroxylation is 4. The molecule has 0 spiro atoms. The van der Waals surface area contributed by atoms with Crippen LogP contribution in [0.15, 0.2) is 65.2 Å². The Balaban J connectivity index is 1.61. The van der Waals surface area contributed by atoms with Gasteiger partial charge in [-0.05, 0) is 65.1 Å². The Morgan fingerprint density at radius 3 is 2.23 bits per heavy atom. The number of fused-ring (bicyclic) bond motifs is 4. The summed E-state index contributed by atoms with van der Waals surface area (Å²) in [6, 6.07) is 19.7. The lowest BCUT2D eigenvalue weighted by Crippen LogP contribution is -2.21. The number of furan rings is 1. The summed E-state index contributed by atoms with van der Waals surface area (Å²) < 4.78 is 24.6. The fraction of sp³-hybridized carbons (Fsp3) is 0.222. The number of rotatable bonds is 2. The zero-order chi connectivity index (χ0) is 27.8. The summed E-state index contributed by atoms with van der Waals surface area (Å²) in [4.78, 5) is 0. The Bertz CT molecular complexity index is 1840. The summed E-state index contributed by atoms with van der Waals surface area (Å²) >= 11 is 0. The first-order valence-electron chi connectivity index (χ1n) is 13.5. The second kappa shape index (κ2) is 8.71. The largest absolute Gasteiger partial charge is 0.318 e. The maximum Gasteiger partial charge on any atom is 0.318 e. The Kier molecular flexibility index (Phi) is 5.62. The molecule has 196 valence electrons. The van der Waals surface area contributed by atoms with Crippen LogP contribution in [0.4, 0.5) is 4.39 Å². The van der Waals surface area contributed by atoms with Crippen molar-refractivity contribution >= 4 is 34.5 Å². The van der Waals surface area contributed by atoms with Crippen LogP contribution in [-0.4, -0.2) is 11.3 Å². The van der Waals surface area contributed by atoms with Gasteiger partial charge in [0.1, 0.15) is 6.20 Å². The quantitative estimate of drug-likeness (QED) is 0.130. The number of hydrogen-bond donors (Lipinski definition) is 0. The van der Waals surface area contributed by atoms with Crippen molar-refractivity contribution in [3.05, 3.63) is 117 Å². The summed E-state index contributed by atoms with van der Waals surface area (Å²) in [5, 5.41) is 3.22. The number of nitrogens with zero attached hydrogens (tertiary/aromatic N) is 1. The summed E-state index contributed by atoms with van der Waals surface area (Å²) in [5.41, 5.74) is 9.32. The van der Waals surface area contributed by atoms with Gasteiger partial charge in [0.2, 0.25) is 6.04 Å². The highest BCUT2D eigenvalue weighted by Gasteiger charge is 2.37. The molecule has 0 unspecified atom stereocenters. The maximum absolute atomic E-state index is 16.3. The van der Waals surface area contributed by atoms with Gasteiger partial charge < -0.3 is 0 Å². The van der Waals surface area contributed by atoms with E-state index >= 15 is 4.39 Å². The third-order valence-corrected chi connectivity index (χ3v) is 8.08. The normalized spacial score (nSPS) is 13.5. The average Bonchev–Trinajstić information content (AvgIpc) is 3.24. The van der Waals surface area contributed by atoms with Crippen molar-refractivity contribution in [1.29, 1.82) is 0 Å². The van der Waals surface area contributed by atoms with Crippen molar-refractivity contribution in [2.24, 2.45) is 0 Å². The average molecular weight is 516 g/mol. The summed E-state index contributed by atoms with van der Waals surface area (Å²) in [6.07, 6.45) is 3.91. The molecule has 1 aliphatic heterocycles. The van der Waals surface area contributed by atoms with Crippen LogP contribution in [0, 0.1) is 39.6 Å². The first-order chi connectivity index (χ1) is 18.5. The molecule has 0 saturated carbocycles. The molecular weight excluding hydrogens is 481 g/mol. The van der Waals surface area contributed by atoms with E-state index in [-0.39, 0.29) is 16.8 Å². The van der Waals surface area contributed by atoms with Crippen molar-refractivity contribution in [3.8, 4) is 11.1 Å². The minimum Gasteiger partial charge on any atom is -0.281 e. The summed E-state index contributed by atoms with van der Waals surface area (Å²) in [6.45, 7) is 19.3. The molecule has 2 nitrogen and oxygen atoms in total. The van der Waals surface area contributed by atoms with E-state index < -0.39 is 0 Å². The highest BCUT2D eigenvalue weighted by atomic mass is 19.1. The predicted octanol–water partition coefficient (Wildman–Crippen LogP) is 9.55.